The van der Waals surface area contributed by atoms with E-state index in [1.54, 1.807) is 17.3 Å². The third kappa shape index (κ3) is 2.43. The highest BCUT2D eigenvalue weighted by Gasteiger charge is 2.50. The molecule has 1 saturated heterocycles. The van der Waals surface area contributed by atoms with Crippen molar-refractivity contribution in [2.24, 2.45) is 0 Å². The molecule has 1 aliphatic rings. The Labute approximate surface area is 89.2 Å². The van der Waals surface area contributed by atoms with Crippen LogP contribution in [0.3, 0.4) is 0 Å². The van der Waals surface area contributed by atoms with Crippen LogP contribution in [0.4, 0.5) is 13.2 Å². The Bertz CT molecular complexity index is 318. The summed E-state index contributed by atoms with van der Waals surface area (Å²) >= 11 is 0. The summed E-state index contributed by atoms with van der Waals surface area (Å²) in [4.78, 5) is 23.2. The fraction of sp³-hybridized carbons (Fsp3) is 0.750. The monoisotopic (exact) mass is 240 g/mol. The summed E-state index contributed by atoms with van der Waals surface area (Å²) in [5.74, 6) is -3.67. The van der Waals surface area contributed by atoms with E-state index < -0.39 is 23.6 Å². The van der Waals surface area contributed by atoms with Gasteiger partial charge in [-0.15, -0.1) is 0 Å². The van der Waals surface area contributed by atoms with E-state index in [4.69, 9.17) is 5.11 Å². The van der Waals surface area contributed by atoms with Gasteiger partial charge in [-0.1, -0.05) is 0 Å². The summed E-state index contributed by atoms with van der Waals surface area (Å²) in [5.41, 5.74) is -1.83. The molecule has 92 valence electrons. The Kier molecular flexibility index (Phi) is 3.13. The Morgan fingerprint density at radius 2 is 2.00 bits per heavy atom. The first-order valence-corrected chi connectivity index (χ1v) is 4.49. The molecule has 1 fully saturated rings. The molecule has 2 N–H and O–H groups in total. The van der Waals surface area contributed by atoms with E-state index in [9.17, 15) is 22.8 Å². The van der Waals surface area contributed by atoms with E-state index in [1.165, 1.54) is 0 Å². The van der Waals surface area contributed by atoms with E-state index in [2.05, 4.69) is 0 Å². The average Bonchev–Trinajstić information content (AvgIpc) is 2.47. The topological polar surface area (TPSA) is 69.6 Å². The lowest BCUT2D eigenvalue weighted by atomic mass is 9.99. The maximum Gasteiger partial charge on any atom is 0.471 e. The minimum Gasteiger partial charge on any atom is -0.479 e. The number of halogens is 3. The van der Waals surface area contributed by atoms with Crippen LogP contribution in [0.5, 0.6) is 0 Å². The van der Waals surface area contributed by atoms with Crippen molar-refractivity contribution in [2.75, 3.05) is 20.1 Å². The first-order chi connectivity index (χ1) is 7.17. The molecule has 0 aromatic carbocycles. The van der Waals surface area contributed by atoms with Crippen LogP contribution >= 0.6 is 0 Å². The summed E-state index contributed by atoms with van der Waals surface area (Å²) in [6.45, 7) is 0.189. The van der Waals surface area contributed by atoms with Gasteiger partial charge in [-0.25, -0.2) is 4.79 Å². The largest absolute Gasteiger partial charge is 0.479 e. The van der Waals surface area contributed by atoms with Gasteiger partial charge >= 0.3 is 18.1 Å². The second-order valence-electron chi connectivity index (χ2n) is 3.83. The summed E-state index contributed by atoms with van der Waals surface area (Å²) in [7, 11) is 1.57. The Morgan fingerprint density at radius 3 is 2.31 bits per heavy atom. The van der Waals surface area contributed by atoms with Gasteiger partial charge in [-0.3, -0.25) is 4.79 Å². The maximum atomic E-state index is 12.0. The quantitative estimate of drug-likeness (QED) is 0.702. The number of carbonyl (C=O) groups is 2. The number of alkyl halides is 3. The van der Waals surface area contributed by atoms with Crippen molar-refractivity contribution >= 4 is 11.9 Å². The zero-order valence-corrected chi connectivity index (χ0v) is 8.47. The number of carbonyl (C=O) groups excluding carboxylic acids is 1. The molecular weight excluding hydrogens is 229 g/mol. The number of rotatable bonds is 2. The molecule has 1 unspecified atom stereocenters. The lowest BCUT2D eigenvalue weighted by molar-refractivity contribution is -0.177. The lowest BCUT2D eigenvalue weighted by Crippen LogP contribution is -2.58. The number of likely N-dealkylation sites (tertiary alicyclic amines) is 1. The summed E-state index contributed by atoms with van der Waals surface area (Å²) < 4.78 is 36.0. The molecular formula is C8H11F3N2O3. The molecule has 8 heteroatoms. The summed E-state index contributed by atoms with van der Waals surface area (Å²) in [6.07, 6.45) is -5.11. The number of nitrogens with one attached hydrogen (secondary N) is 1. The van der Waals surface area contributed by atoms with Crippen molar-refractivity contribution in [3.8, 4) is 0 Å². The smallest absolute Gasteiger partial charge is 0.471 e. The van der Waals surface area contributed by atoms with E-state index in [-0.39, 0.29) is 13.0 Å². The SMILES string of the molecule is CN1CCC(NC(=O)C(F)(F)F)(C(=O)O)C1. The number of carboxylic acids is 1. The fourth-order valence-electron chi connectivity index (χ4n) is 1.62. The third-order valence-corrected chi connectivity index (χ3v) is 2.48. The van der Waals surface area contributed by atoms with E-state index in [1.807, 2.05) is 0 Å². The molecule has 0 saturated carbocycles. The zero-order chi connectivity index (χ0) is 12.6. The van der Waals surface area contributed by atoms with Gasteiger partial charge in [0.25, 0.3) is 0 Å². The Balaban J connectivity index is 2.82. The van der Waals surface area contributed by atoms with Crippen molar-refractivity contribution in [3.05, 3.63) is 0 Å². The molecule has 0 spiro atoms. The van der Waals surface area contributed by atoms with Crippen LogP contribution < -0.4 is 5.32 Å². The minimum atomic E-state index is -5.07. The Morgan fingerprint density at radius 1 is 1.44 bits per heavy atom. The molecule has 0 radical (unpaired) electrons. The van der Waals surface area contributed by atoms with Crippen LogP contribution in [-0.4, -0.2) is 53.7 Å². The molecule has 5 nitrogen and oxygen atoms in total. The first-order valence-electron chi connectivity index (χ1n) is 4.49. The molecule has 16 heavy (non-hydrogen) atoms. The van der Waals surface area contributed by atoms with Gasteiger partial charge in [0.05, 0.1) is 0 Å². The van der Waals surface area contributed by atoms with Crippen molar-refractivity contribution in [3.63, 3.8) is 0 Å². The molecule has 1 rings (SSSR count). The second kappa shape index (κ2) is 3.93. The minimum absolute atomic E-state index is 0.0410. The maximum absolute atomic E-state index is 12.0. The Hall–Kier alpha value is -1.31. The average molecular weight is 240 g/mol. The summed E-state index contributed by atoms with van der Waals surface area (Å²) in [5, 5.41) is 10.4. The molecule has 0 aliphatic carbocycles. The predicted octanol–water partition coefficient (Wildman–Crippen LogP) is -0.176. The van der Waals surface area contributed by atoms with Gasteiger partial charge in [0.15, 0.2) is 5.54 Å². The molecule has 1 aliphatic heterocycles. The highest BCUT2D eigenvalue weighted by atomic mass is 19.4. The van der Waals surface area contributed by atoms with Crippen LogP contribution in [0.2, 0.25) is 0 Å². The van der Waals surface area contributed by atoms with Gasteiger partial charge < -0.3 is 15.3 Å². The van der Waals surface area contributed by atoms with Gasteiger partial charge in [0, 0.05) is 13.1 Å². The number of carboxylic acid groups (broad SMARTS) is 1. The van der Waals surface area contributed by atoms with Crippen LogP contribution in [0, 0.1) is 0 Å². The van der Waals surface area contributed by atoms with Crippen LogP contribution in [-0.2, 0) is 9.59 Å². The van der Waals surface area contributed by atoms with Gasteiger partial charge in [0.2, 0.25) is 0 Å². The highest BCUT2D eigenvalue weighted by Crippen LogP contribution is 2.23. The molecule has 0 aromatic rings. The van der Waals surface area contributed by atoms with Gasteiger partial charge in [0.1, 0.15) is 0 Å². The molecule has 0 bridgehead atoms. The van der Waals surface area contributed by atoms with E-state index >= 15 is 0 Å². The van der Waals surface area contributed by atoms with Crippen LogP contribution in [0.15, 0.2) is 0 Å². The summed E-state index contributed by atoms with van der Waals surface area (Å²) in [6, 6.07) is 0. The molecule has 0 aromatic heterocycles. The standard InChI is InChI=1S/C8H11F3N2O3/c1-13-3-2-7(4-13,6(15)16)12-5(14)8(9,10)11/h2-4H2,1H3,(H,12,14)(H,15,16). The molecule has 1 heterocycles. The van der Waals surface area contributed by atoms with Crippen LogP contribution in [0.25, 0.3) is 0 Å². The van der Waals surface area contributed by atoms with E-state index in [0.717, 1.165) is 0 Å². The number of nitrogens with zero attached hydrogens (tertiary/aromatic N) is 1. The predicted molar refractivity (Wildman–Crippen MR) is 46.7 cm³/mol. The van der Waals surface area contributed by atoms with Crippen LogP contribution in [0.1, 0.15) is 6.42 Å². The molecule has 1 amide bonds. The first kappa shape index (κ1) is 12.8. The van der Waals surface area contributed by atoms with Gasteiger partial charge in [-0.2, -0.15) is 13.2 Å². The number of amides is 1. The zero-order valence-electron chi connectivity index (χ0n) is 8.47. The third-order valence-electron chi connectivity index (χ3n) is 2.48. The number of aliphatic carboxylic acids is 1. The van der Waals surface area contributed by atoms with Crippen molar-refractivity contribution < 1.29 is 27.9 Å². The van der Waals surface area contributed by atoms with Crippen molar-refractivity contribution in [1.29, 1.82) is 0 Å². The van der Waals surface area contributed by atoms with E-state index in [0.29, 0.717) is 6.54 Å². The normalized spacial score (nSPS) is 26.8. The number of hydrogen-bond acceptors (Lipinski definition) is 3. The number of hydrogen-bond donors (Lipinski definition) is 2. The van der Waals surface area contributed by atoms with Crippen molar-refractivity contribution in [2.45, 2.75) is 18.1 Å². The van der Waals surface area contributed by atoms with Crippen molar-refractivity contribution in [1.82, 2.24) is 10.2 Å². The molecule has 1 atom stereocenters. The lowest BCUT2D eigenvalue weighted by Gasteiger charge is -2.25. The van der Waals surface area contributed by atoms with Gasteiger partial charge in [-0.05, 0) is 13.5 Å². The second-order valence-corrected chi connectivity index (χ2v) is 3.83. The number of likely N-dealkylation sites (N-methyl/N-ethyl adjacent to an activating group) is 1. The fourth-order valence-corrected chi connectivity index (χ4v) is 1.62. The highest BCUT2D eigenvalue weighted by molar-refractivity contribution is 5.90.